The maximum Gasteiger partial charge on any atom is 0.265 e. The summed E-state index contributed by atoms with van der Waals surface area (Å²) in [5.74, 6) is -3.04. The molecule has 3 aromatic carbocycles. The molecule has 0 spiro atoms. The Morgan fingerprint density at radius 2 is 1.43 bits per heavy atom. The third-order valence-corrected chi connectivity index (χ3v) is 11.6. The van der Waals surface area contributed by atoms with Gasteiger partial charge in [-0.1, -0.05) is 12.1 Å². The van der Waals surface area contributed by atoms with E-state index in [0.717, 1.165) is 58.2 Å². The summed E-state index contributed by atoms with van der Waals surface area (Å²) in [4.78, 5) is 66.3. The van der Waals surface area contributed by atoms with E-state index in [9.17, 15) is 28.0 Å². The van der Waals surface area contributed by atoms with E-state index >= 15 is 4.39 Å². The highest BCUT2D eigenvalue weighted by molar-refractivity contribution is 6.04. The number of amides is 4. The molecule has 8 rings (SSSR count). The second-order valence-corrected chi connectivity index (χ2v) is 15.8. The molecule has 63 heavy (non-hydrogen) atoms. The van der Waals surface area contributed by atoms with E-state index in [4.69, 9.17) is 0 Å². The number of nitrogens with one attached hydrogen (secondary N) is 5. The van der Waals surface area contributed by atoms with Crippen LogP contribution in [0.25, 0.3) is 0 Å². The number of hydrazine groups is 1. The summed E-state index contributed by atoms with van der Waals surface area (Å²) in [5, 5.41) is 12.8. The minimum Gasteiger partial charge on any atom is -0.352 e. The van der Waals surface area contributed by atoms with Crippen LogP contribution in [0, 0.1) is 23.4 Å². The third-order valence-electron chi connectivity index (χ3n) is 11.6. The van der Waals surface area contributed by atoms with Crippen molar-refractivity contribution in [1.82, 2.24) is 35.6 Å². The maximum absolute atomic E-state index is 15.1. The minimum absolute atomic E-state index is 0.0827. The number of hydrogen-bond acceptors (Lipinski definition) is 12. The van der Waals surface area contributed by atoms with Gasteiger partial charge in [0, 0.05) is 74.5 Å². The second-order valence-electron chi connectivity index (χ2n) is 15.8. The summed E-state index contributed by atoms with van der Waals surface area (Å²) in [6, 6.07) is 20.2. The molecular formula is C45H46F3N11O4. The summed E-state index contributed by atoms with van der Waals surface area (Å²) in [5.41, 5.74) is 5.39. The molecule has 2 aromatic heterocycles. The molecular weight excluding hydrogens is 816 g/mol. The average molecular weight is 862 g/mol. The molecule has 5 heterocycles. The van der Waals surface area contributed by atoms with Crippen LogP contribution in [0.5, 0.6) is 0 Å². The lowest BCUT2D eigenvalue weighted by atomic mass is 9.91. The fraction of sp³-hybridized carbons (Fsp3) is 0.311. The van der Waals surface area contributed by atoms with E-state index in [2.05, 4.69) is 46.5 Å². The van der Waals surface area contributed by atoms with Crippen LogP contribution in [0.4, 0.5) is 47.8 Å². The summed E-state index contributed by atoms with van der Waals surface area (Å²) in [6.45, 7) is 5.27. The van der Waals surface area contributed by atoms with Gasteiger partial charge in [-0.25, -0.2) is 28.1 Å². The van der Waals surface area contributed by atoms with Gasteiger partial charge in [0.1, 0.15) is 5.82 Å². The van der Waals surface area contributed by atoms with Crippen LogP contribution in [0.15, 0.2) is 91.3 Å². The number of benzene rings is 3. The Hall–Kier alpha value is -6.92. The molecule has 0 saturated carbocycles. The number of aromatic nitrogens is 3. The van der Waals surface area contributed by atoms with E-state index in [1.54, 1.807) is 60.8 Å². The number of piperidine rings is 2. The Labute approximate surface area is 361 Å². The normalized spacial score (nSPS) is 17.5. The zero-order chi connectivity index (χ0) is 43.9. The van der Waals surface area contributed by atoms with Crippen LogP contribution in [0.1, 0.15) is 64.3 Å². The zero-order valence-electron chi connectivity index (χ0n) is 34.3. The molecule has 3 aliphatic heterocycles. The molecule has 18 heteroatoms. The van der Waals surface area contributed by atoms with Gasteiger partial charge in [-0.05, 0) is 110 Å². The molecule has 5 N–H and O–H groups in total. The summed E-state index contributed by atoms with van der Waals surface area (Å²) >= 11 is 0. The molecule has 4 amide bonds. The first-order valence-corrected chi connectivity index (χ1v) is 20.9. The number of anilines is 6. The molecule has 3 saturated heterocycles. The van der Waals surface area contributed by atoms with Gasteiger partial charge in [0.05, 0.1) is 17.7 Å². The Morgan fingerprint density at radius 3 is 2.14 bits per heavy atom. The number of piperazine rings is 1. The van der Waals surface area contributed by atoms with Crippen molar-refractivity contribution in [3.05, 3.63) is 125 Å². The predicted octanol–water partition coefficient (Wildman–Crippen LogP) is 6.12. The van der Waals surface area contributed by atoms with Gasteiger partial charge in [-0.15, -0.1) is 0 Å². The molecule has 5 aromatic rings. The van der Waals surface area contributed by atoms with Crippen molar-refractivity contribution in [1.29, 1.82) is 0 Å². The molecule has 1 unspecified atom stereocenters. The second kappa shape index (κ2) is 19.4. The van der Waals surface area contributed by atoms with Crippen molar-refractivity contribution in [2.45, 2.75) is 38.0 Å². The number of pyridine rings is 1. The lowest BCUT2D eigenvalue weighted by Crippen LogP contribution is -2.48. The average Bonchev–Trinajstić information content (AvgIpc) is 3.28. The number of hydrogen-bond donors (Lipinski definition) is 5. The number of rotatable bonds is 13. The first-order chi connectivity index (χ1) is 30.5. The van der Waals surface area contributed by atoms with Gasteiger partial charge in [0.2, 0.25) is 17.8 Å². The number of nitrogens with zero attached hydrogens (tertiary/aromatic N) is 6. The Balaban J connectivity index is 0.742. The molecule has 0 bridgehead atoms. The SMILES string of the molecule is O=C1CCC(c2cnc(N3CCN(CCC4CCN(NC(=O)c5ccc(Nc6ncc(F)c(Nc7ccc(NC(=O)c8ccccc8F)cc7)n6)cc5)CC4)CC3)c(F)c2)C(=O)N1. The molecule has 3 aliphatic rings. The standard InChI is InChI=1S/C45H46F3N11O4/c46-36-4-2-1-3-35(36)44(63)52-32-11-9-31(10-12-32)51-40-38(48)27-50-45(55-40)53-33-7-5-29(6-8-33)42(61)56-59-19-16-28(17-20-59)15-18-57-21-23-58(24-22-57)41-37(47)25-30(26-49-41)34-13-14-39(60)54-43(34)62/h1-12,25-28,34H,13-24H2,(H,52,63)(H,56,61)(H,54,60,62)(H2,50,51,53,55). The van der Waals surface area contributed by atoms with Gasteiger partial charge < -0.3 is 20.9 Å². The van der Waals surface area contributed by atoms with E-state index in [0.29, 0.717) is 53.6 Å². The summed E-state index contributed by atoms with van der Waals surface area (Å²) in [6.07, 6.45) is 6.09. The minimum atomic E-state index is -0.686. The molecule has 1 atom stereocenters. The van der Waals surface area contributed by atoms with Crippen molar-refractivity contribution >= 4 is 58.3 Å². The zero-order valence-corrected chi connectivity index (χ0v) is 34.3. The van der Waals surface area contributed by atoms with Crippen molar-refractivity contribution < 1.29 is 32.3 Å². The maximum atomic E-state index is 15.1. The highest BCUT2D eigenvalue weighted by Gasteiger charge is 2.30. The van der Waals surface area contributed by atoms with E-state index in [1.807, 2.05) is 9.91 Å². The Morgan fingerprint density at radius 1 is 0.730 bits per heavy atom. The van der Waals surface area contributed by atoms with Crippen molar-refractivity contribution in [3.63, 3.8) is 0 Å². The van der Waals surface area contributed by atoms with Gasteiger partial charge >= 0.3 is 0 Å². The van der Waals surface area contributed by atoms with Crippen LogP contribution in [-0.2, 0) is 9.59 Å². The highest BCUT2D eigenvalue weighted by Crippen LogP contribution is 2.29. The summed E-state index contributed by atoms with van der Waals surface area (Å²) < 4.78 is 43.8. The van der Waals surface area contributed by atoms with E-state index in [1.165, 1.54) is 24.3 Å². The topological polar surface area (TPSA) is 177 Å². The fourth-order valence-corrected chi connectivity index (χ4v) is 7.94. The van der Waals surface area contributed by atoms with Gasteiger partial charge in [0.15, 0.2) is 23.3 Å². The monoisotopic (exact) mass is 861 g/mol. The van der Waals surface area contributed by atoms with Crippen LogP contribution in [0.2, 0.25) is 0 Å². The number of halogens is 3. The Kier molecular flexibility index (Phi) is 13.2. The van der Waals surface area contributed by atoms with Crippen molar-refractivity contribution in [2.75, 3.05) is 66.7 Å². The van der Waals surface area contributed by atoms with Gasteiger partial charge in [0.25, 0.3) is 11.8 Å². The van der Waals surface area contributed by atoms with E-state index < -0.39 is 35.2 Å². The number of carbonyl (C=O) groups is 4. The molecule has 3 fully saturated rings. The molecule has 0 aliphatic carbocycles. The molecule has 326 valence electrons. The smallest absolute Gasteiger partial charge is 0.265 e. The molecule has 0 radical (unpaired) electrons. The number of carbonyl (C=O) groups excluding carboxylic acids is 4. The lowest BCUT2D eigenvalue weighted by molar-refractivity contribution is -0.134. The van der Waals surface area contributed by atoms with Crippen LogP contribution >= 0.6 is 0 Å². The predicted molar refractivity (Wildman–Crippen MR) is 230 cm³/mol. The van der Waals surface area contributed by atoms with E-state index in [-0.39, 0.29) is 41.4 Å². The Bertz CT molecular complexity index is 2460. The third kappa shape index (κ3) is 10.8. The first kappa shape index (κ1) is 42.8. The first-order valence-electron chi connectivity index (χ1n) is 20.9. The van der Waals surface area contributed by atoms with Crippen LogP contribution in [-0.4, -0.2) is 94.3 Å². The van der Waals surface area contributed by atoms with Crippen molar-refractivity contribution in [3.8, 4) is 0 Å². The lowest BCUT2D eigenvalue weighted by Gasteiger charge is -2.37. The van der Waals surface area contributed by atoms with Gasteiger partial charge in [-0.2, -0.15) is 4.98 Å². The van der Waals surface area contributed by atoms with Gasteiger partial charge in [-0.3, -0.25) is 34.8 Å². The fourth-order valence-electron chi connectivity index (χ4n) is 7.94. The number of imide groups is 1. The van der Waals surface area contributed by atoms with Crippen LogP contribution in [0.3, 0.4) is 0 Å². The summed E-state index contributed by atoms with van der Waals surface area (Å²) in [7, 11) is 0. The van der Waals surface area contributed by atoms with Crippen molar-refractivity contribution in [2.24, 2.45) is 5.92 Å². The highest BCUT2D eigenvalue weighted by atomic mass is 19.1. The van der Waals surface area contributed by atoms with Crippen LogP contribution < -0.4 is 31.6 Å². The largest absolute Gasteiger partial charge is 0.352 e. The molecule has 15 nitrogen and oxygen atoms in total. The quantitative estimate of drug-likeness (QED) is 0.0860.